The summed E-state index contributed by atoms with van der Waals surface area (Å²) in [5.41, 5.74) is 0.775. The smallest absolute Gasteiger partial charge is 0.227 e. The van der Waals surface area contributed by atoms with Gasteiger partial charge in [0.25, 0.3) is 0 Å². The maximum absolute atomic E-state index is 12.3. The number of anilines is 1. The Morgan fingerprint density at radius 3 is 3.00 bits per heavy atom. The first-order valence-electron chi connectivity index (χ1n) is 7.46. The zero-order valence-corrected chi connectivity index (χ0v) is 12.3. The molecule has 0 unspecified atom stereocenters. The van der Waals surface area contributed by atoms with Crippen molar-refractivity contribution in [3.8, 4) is 5.75 Å². The van der Waals surface area contributed by atoms with Gasteiger partial charge >= 0.3 is 0 Å². The van der Waals surface area contributed by atoms with Gasteiger partial charge in [-0.05, 0) is 44.9 Å². The number of benzene rings is 1. The summed E-state index contributed by atoms with van der Waals surface area (Å²) in [5.74, 6) is 0.945. The molecule has 2 rings (SSSR count). The van der Waals surface area contributed by atoms with E-state index in [1.165, 1.54) is 0 Å². The Morgan fingerprint density at radius 1 is 1.45 bits per heavy atom. The van der Waals surface area contributed by atoms with Crippen LogP contribution in [0.2, 0.25) is 0 Å². The Morgan fingerprint density at radius 2 is 2.25 bits per heavy atom. The molecule has 2 atom stereocenters. The quantitative estimate of drug-likeness (QED) is 0.869. The second-order valence-electron chi connectivity index (χ2n) is 5.41. The highest BCUT2D eigenvalue weighted by molar-refractivity contribution is 5.94. The second kappa shape index (κ2) is 7.29. The molecule has 4 nitrogen and oxygen atoms in total. The van der Waals surface area contributed by atoms with E-state index in [2.05, 4.69) is 24.5 Å². The molecular weight excluding hydrogens is 252 g/mol. The van der Waals surface area contributed by atoms with Crippen molar-refractivity contribution in [1.29, 1.82) is 0 Å². The average molecular weight is 276 g/mol. The van der Waals surface area contributed by atoms with E-state index >= 15 is 0 Å². The van der Waals surface area contributed by atoms with Gasteiger partial charge in [-0.3, -0.25) is 4.79 Å². The number of amides is 1. The van der Waals surface area contributed by atoms with E-state index < -0.39 is 0 Å². The molecule has 0 bridgehead atoms. The standard InChI is InChI=1S/C16H24N2O2/c1-3-10-20-15-7-5-4-6-14(15)18-16(19)13-8-9-17-12(2)11-13/h4-7,12-13,17H,3,8-11H2,1-2H3,(H,18,19)/t12-,13-/m0/s1. The molecule has 1 fully saturated rings. The summed E-state index contributed by atoms with van der Waals surface area (Å²) in [7, 11) is 0. The van der Waals surface area contributed by atoms with Crippen molar-refractivity contribution < 1.29 is 9.53 Å². The summed E-state index contributed by atoms with van der Waals surface area (Å²) in [5, 5.41) is 6.38. The fraction of sp³-hybridized carbons (Fsp3) is 0.562. The Hall–Kier alpha value is -1.55. The zero-order chi connectivity index (χ0) is 14.4. The largest absolute Gasteiger partial charge is 0.491 e. The van der Waals surface area contributed by atoms with Crippen LogP contribution in [0, 0.1) is 5.92 Å². The minimum absolute atomic E-state index is 0.0884. The highest BCUT2D eigenvalue weighted by Gasteiger charge is 2.25. The summed E-state index contributed by atoms with van der Waals surface area (Å²) >= 11 is 0. The van der Waals surface area contributed by atoms with Crippen LogP contribution >= 0.6 is 0 Å². The van der Waals surface area contributed by atoms with Crippen LogP contribution in [-0.4, -0.2) is 25.1 Å². The minimum atomic E-state index is 0.0884. The third kappa shape index (κ3) is 3.97. The van der Waals surface area contributed by atoms with E-state index in [1.807, 2.05) is 24.3 Å². The molecule has 1 aliphatic heterocycles. The number of carbonyl (C=O) groups is 1. The lowest BCUT2D eigenvalue weighted by molar-refractivity contribution is -0.120. The number of ether oxygens (including phenoxy) is 1. The van der Waals surface area contributed by atoms with E-state index in [0.29, 0.717) is 12.6 Å². The van der Waals surface area contributed by atoms with Gasteiger partial charge in [-0.15, -0.1) is 0 Å². The fourth-order valence-corrected chi connectivity index (χ4v) is 2.51. The van der Waals surface area contributed by atoms with E-state index in [1.54, 1.807) is 0 Å². The number of nitrogens with one attached hydrogen (secondary N) is 2. The molecule has 0 aliphatic carbocycles. The predicted molar refractivity (Wildman–Crippen MR) is 81.0 cm³/mol. The molecular formula is C16H24N2O2. The Kier molecular flexibility index (Phi) is 5.41. The van der Waals surface area contributed by atoms with Gasteiger partial charge in [0.2, 0.25) is 5.91 Å². The molecule has 1 aromatic rings. The molecule has 1 aromatic carbocycles. The first-order valence-corrected chi connectivity index (χ1v) is 7.46. The number of piperidine rings is 1. The summed E-state index contributed by atoms with van der Waals surface area (Å²) in [6.07, 6.45) is 2.74. The molecule has 0 spiro atoms. The lowest BCUT2D eigenvalue weighted by atomic mass is 9.92. The third-order valence-electron chi connectivity index (χ3n) is 3.60. The van der Waals surface area contributed by atoms with Gasteiger partial charge in [0.15, 0.2) is 0 Å². The summed E-state index contributed by atoms with van der Waals surface area (Å²) in [6.45, 7) is 5.76. The molecule has 2 N–H and O–H groups in total. The zero-order valence-electron chi connectivity index (χ0n) is 12.3. The molecule has 4 heteroatoms. The van der Waals surface area contributed by atoms with Gasteiger partial charge in [0.05, 0.1) is 12.3 Å². The number of hydrogen-bond donors (Lipinski definition) is 2. The second-order valence-corrected chi connectivity index (χ2v) is 5.41. The molecule has 1 amide bonds. The van der Waals surface area contributed by atoms with Crippen molar-refractivity contribution in [2.75, 3.05) is 18.5 Å². The maximum Gasteiger partial charge on any atom is 0.227 e. The normalized spacial score (nSPS) is 22.3. The molecule has 0 saturated carbocycles. The van der Waals surface area contributed by atoms with Gasteiger partial charge < -0.3 is 15.4 Å². The molecule has 20 heavy (non-hydrogen) atoms. The molecule has 1 aliphatic rings. The number of para-hydroxylation sites is 2. The van der Waals surface area contributed by atoms with Gasteiger partial charge in [-0.1, -0.05) is 19.1 Å². The molecule has 110 valence electrons. The molecule has 1 saturated heterocycles. The molecule has 0 radical (unpaired) electrons. The van der Waals surface area contributed by atoms with Crippen LogP contribution in [0.5, 0.6) is 5.75 Å². The van der Waals surface area contributed by atoms with Crippen LogP contribution in [0.4, 0.5) is 5.69 Å². The predicted octanol–water partition coefficient (Wildman–Crippen LogP) is 2.80. The number of hydrogen-bond acceptors (Lipinski definition) is 3. The Bertz CT molecular complexity index is 448. The van der Waals surface area contributed by atoms with E-state index in [4.69, 9.17) is 4.74 Å². The first-order chi connectivity index (χ1) is 9.70. The van der Waals surface area contributed by atoms with Crippen molar-refractivity contribution in [2.45, 2.75) is 39.2 Å². The van der Waals surface area contributed by atoms with E-state index in [-0.39, 0.29) is 11.8 Å². The van der Waals surface area contributed by atoms with Crippen LogP contribution in [0.3, 0.4) is 0 Å². The van der Waals surface area contributed by atoms with E-state index in [0.717, 1.165) is 37.2 Å². The average Bonchev–Trinajstić information content (AvgIpc) is 2.46. The lowest BCUT2D eigenvalue weighted by Crippen LogP contribution is -2.40. The van der Waals surface area contributed by atoms with Crippen LogP contribution < -0.4 is 15.4 Å². The highest BCUT2D eigenvalue weighted by atomic mass is 16.5. The Balaban J connectivity index is 1.99. The highest BCUT2D eigenvalue weighted by Crippen LogP contribution is 2.26. The topological polar surface area (TPSA) is 50.4 Å². The maximum atomic E-state index is 12.3. The SMILES string of the molecule is CCCOc1ccccc1NC(=O)[C@H]1CCN[C@@H](C)C1. The first kappa shape index (κ1) is 14.9. The van der Waals surface area contributed by atoms with Gasteiger partial charge in [0, 0.05) is 12.0 Å². The summed E-state index contributed by atoms with van der Waals surface area (Å²) < 4.78 is 5.67. The third-order valence-corrected chi connectivity index (χ3v) is 3.60. The van der Waals surface area contributed by atoms with Crippen LogP contribution in [0.25, 0.3) is 0 Å². The number of rotatable bonds is 5. The van der Waals surface area contributed by atoms with E-state index in [9.17, 15) is 4.79 Å². The van der Waals surface area contributed by atoms with Crippen molar-refractivity contribution in [3.05, 3.63) is 24.3 Å². The van der Waals surface area contributed by atoms with Crippen molar-refractivity contribution >= 4 is 11.6 Å². The van der Waals surface area contributed by atoms with Crippen molar-refractivity contribution in [2.24, 2.45) is 5.92 Å². The van der Waals surface area contributed by atoms with Crippen LogP contribution in [0.15, 0.2) is 24.3 Å². The van der Waals surface area contributed by atoms with Gasteiger partial charge in [-0.25, -0.2) is 0 Å². The lowest BCUT2D eigenvalue weighted by Gasteiger charge is -2.27. The minimum Gasteiger partial charge on any atom is -0.491 e. The fourth-order valence-electron chi connectivity index (χ4n) is 2.51. The van der Waals surface area contributed by atoms with Gasteiger partial charge in [0.1, 0.15) is 5.75 Å². The summed E-state index contributed by atoms with van der Waals surface area (Å²) in [6, 6.07) is 8.04. The Labute approximate surface area is 120 Å². The van der Waals surface area contributed by atoms with Gasteiger partial charge in [-0.2, -0.15) is 0 Å². The monoisotopic (exact) mass is 276 g/mol. The van der Waals surface area contributed by atoms with Crippen molar-refractivity contribution in [3.63, 3.8) is 0 Å². The molecule has 0 aromatic heterocycles. The molecule has 1 heterocycles. The van der Waals surface area contributed by atoms with Crippen LogP contribution in [0.1, 0.15) is 33.1 Å². The number of carbonyl (C=O) groups excluding carboxylic acids is 1. The van der Waals surface area contributed by atoms with Crippen molar-refractivity contribution in [1.82, 2.24) is 5.32 Å². The van der Waals surface area contributed by atoms with Crippen LogP contribution in [-0.2, 0) is 4.79 Å². The summed E-state index contributed by atoms with van der Waals surface area (Å²) in [4.78, 5) is 12.3.